The predicted molar refractivity (Wildman–Crippen MR) is 126 cm³/mol. The van der Waals surface area contributed by atoms with Crippen LogP contribution in [0.3, 0.4) is 0 Å². The summed E-state index contributed by atoms with van der Waals surface area (Å²) in [5.74, 6) is -5.06. The molecule has 0 aromatic carbocycles. The highest BCUT2D eigenvalue weighted by Gasteiger charge is 2.39. The standard InChI is InChI=1S/C21H37N7O7/c1-3-11(2)16(22)18(32)26-12(6-4-8-25-21(23)24)17(31)27-13(10-15(29)30)19(33)28-9-5-7-14(28)20(34)35/h11-14,16H,3-10,22H2,1-2H3,(H,26,32)(H,27,31)(H,29,30)(H,34,35)(H4,23,24,25). The maximum Gasteiger partial charge on any atom is 0.326 e. The van der Waals surface area contributed by atoms with Gasteiger partial charge in [0.2, 0.25) is 17.7 Å². The Labute approximate surface area is 203 Å². The first-order valence-electron chi connectivity index (χ1n) is 11.6. The zero-order valence-corrected chi connectivity index (χ0v) is 20.1. The maximum absolute atomic E-state index is 13.1. The first-order chi connectivity index (χ1) is 16.4. The molecule has 1 heterocycles. The molecule has 0 aromatic heterocycles. The summed E-state index contributed by atoms with van der Waals surface area (Å²) in [5.41, 5.74) is 16.6. The number of hydrogen-bond acceptors (Lipinski definition) is 7. The lowest BCUT2D eigenvalue weighted by atomic mass is 9.98. The molecule has 5 unspecified atom stereocenters. The molecule has 1 aliphatic rings. The van der Waals surface area contributed by atoms with E-state index < -0.39 is 60.2 Å². The average Bonchev–Trinajstić information content (AvgIpc) is 3.28. The van der Waals surface area contributed by atoms with Crippen LogP contribution < -0.4 is 27.8 Å². The fourth-order valence-electron chi connectivity index (χ4n) is 3.69. The Kier molecular flexibility index (Phi) is 11.9. The van der Waals surface area contributed by atoms with Gasteiger partial charge in [-0.15, -0.1) is 0 Å². The number of hydrogen-bond donors (Lipinski definition) is 7. The SMILES string of the molecule is CCC(C)C(N)C(=O)NC(CCCN=C(N)N)C(=O)NC(CC(=O)O)C(=O)N1CCCC1C(=O)O. The smallest absolute Gasteiger partial charge is 0.326 e. The summed E-state index contributed by atoms with van der Waals surface area (Å²) in [6.45, 7) is 3.95. The van der Waals surface area contributed by atoms with Crippen LogP contribution in [0.25, 0.3) is 0 Å². The van der Waals surface area contributed by atoms with E-state index in [9.17, 15) is 34.2 Å². The van der Waals surface area contributed by atoms with Crippen molar-refractivity contribution in [1.29, 1.82) is 0 Å². The number of nitrogens with zero attached hydrogens (tertiary/aromatic N) is 2. The van der Waals surface area contributed by atoms with Gasteiger partial charge >= 0.3 is 11.9 Å². The van der Waals surface area contributed by atoms with Crippen LogP contribution in [0.15, 0.2) is 4.99 Å². The van der Waals surface area contributed by atoms with E-state index in [2.05, 4.69) is 15.6 Å². The minimum Gasteiger partial charge on any atom is -0.481 e. The molecule has 1 aliphatic heterocycles. The van der Waals surface area contributed by atoms with Gasteiger partial charge in [0.1, 0.15) is 18.1 Å². The van der Waals surface area contributed by atoms with Crippen molar-refractivity contribution >= 4 is 35.6 Å². The lowest BCUT2D eigenvalue weighted by molar-refractivity contribution is -0.150. The molecule has 0 aromatic rings. The van der Waals surface area contributed by atoms with Crippen molar-refractivity contribution in [2.24, 2.45) is 28.1 Å². The van der Waals surface area contributed by atoms with Gasteiger partial charge in [-0.25, -0.2) is 4.79 Å². The third kappa shape index (κ3) is 9.39. The zero-order valence-electron chi connectivity index (χ0n) is 20.1. The molecule has 3 amide bonds. The van der Waals surface area contributed by atoms with Crippen molar-refractivity contribution < 1.29 is 34.2 Å². The van der Waals surface area contributed by atoms with Gasteiger partial charge in [-0.05, 0) is 31.6 Å². The van der Waals surface area contributed by atoms with Gasteiger partial charge in [0.05, 0.1) is 12.5 Å². The Morgan fingerprint density at radius 3 is 2.26 bits per heavy atom. The number of guanidine groups is 1. The van der Waals surface area contributed by atoms with Crippen LogP contribution in [-0.4, -0.2) is 88.0 Å². The van der Waals surface area contributed by atoms with Crippen LogP contribution in [0.4, 0.5) is 0 Å². The fraction of sp³-hybridized carbons (Fsp3) is 0.714. The first-order valence-corrected chi connectivity index (χ1v) is 11.6. The van der Waals surface area contributed by atoms with Crippen LogP contribution >= 0.6 is 0 Å². The Hall–Kier alpha value is -3.42. The number of aliphatic imine (C=N–C) groups is 1. The van der Waals surface area contributed by atoms with Crippen molar-refractivity contribution in [3.05, 3.63) is 0 Å². The Balaban J connectivity index is 3.05. The summed E-state index contributed by atoms with van der Waals surface area (Å²) in [6, 6.07) is -4.64. The predicted octanol–water partition coefficient (Wildman–Crippen LogP) is -2.07. The third-order valence-corrected chi connectivity index (χ3v) is 5.95. The first kappa shape index (κ1) is 29.6. The number of nitrogens with one attached hydrogen (secondary N) is 2. The van der Waals surface area contributed by atoms with Crippen molar-refractivity contribution in [3.63, 3.8) is 0 Å². The molecule has 0 spiro atoms. The van der Waals surface area contributed by atoms with Crippen molar-refractivity contribution in [1.82, 2.24) is 15.5 Å². The van der Waals surface area contributed by atoms with Crippen molar-refractivity contribution in [3.8, 4) is 0 Å². The monoisotopic (exact) mass is 499 g/mol. The normalized spacial score (nSPS) is 18.6. The van der Waals surface area contributed by atoms with E-state index in [-0.39, 0.29) is 37.8 Å². The lowest BCUT2D eigenvalue weighted by Gasteiger charge is -2.28. The fourth-order valence-corrected chi connectivity index (χ4v) is 3.69. The molecule has 1 saturated heterocycles. The van der Waals surface area contributed by atoms with Gasteiger partial charge < -0.3 is 42.9 Å². The van der Waals surface area contributed by atoms with Gasteiger partial charge in [0.25, 0.3) is 0 Å². The number of aliphatic carboxylic acids is 2. The van der Waals surface area contributed by atoms with E-state index in [1.54, 1.807) is 6.92 Å². The van der Waals surface area contributed by atoms with Crippen molar-refractivity contribution in [2.75, 3.05) is 13.1 Å². The van der Waals surface area contributed by atoms with E-state index in [1.807, 2.05) is 6.92 Å². The molecule has 0 saturated carbocycles. The number of amides is 3. The second-order valence-corrected chi connectivity index (χ2v) is 8.61. The molecule has 0 radical (unpaired) electrons. The largest absolute Gasteiger partial charge is 0.481 e. The number of carbonyl (C=O) groups is 5. The highest BCUT2D eigenvalue weighted by atomic mass is 16.4. The maximum atomic E-state index is 13.1. The third-order valence-electron chi connectivity index (χ3n) is 5.95. The zero-order chi connectivity index (χ0) is 26.7. The highest BCUT2D eigenvalue weighted by Crippen LogP contribution is 2.19. The topological polar surface area (TPSA) is 244 Å². The minimum atomic E-state index is -1.51. The number of likely N-dealkylation sites (tertiary alicyclic amines) is 1. The number of carbonyl (C=O) groups excluding carboxylic acids is 3. The van der Waals surface area contributed by atoms with Gasteiger partial charge in [-0.1, -0.05) is 20.3 Å². The molecule has 5 atom stereocenters. The Morgan fingerprint density at radius 2 is 1.71 bits per heavy atom. The summed E-state index contributed by atoms with van der Waals surface area (Å²) in [6.07, 6.45) is 0.913. The Morgan fingerprint density at radius 1 is 1.09 bits per heavy atom. The molecule has 1 rings (SSSR count). The number of rotatable bonds is 14. The average molecular weight is 500 g/mol. The van der Waals surface area contributed by atoms with Crippen LogP contribution in [0, 0.1) is 5.92 Å². The summed E-state index contributed by atoms with van der Waals surface area (Å²) < 4.78 is 0. The molecule has 0 aliphatic carbocycles. The summed E-state index contributed by atoms with van der Waals surface area (Å²) in [5, 5.41) is 23.6. The molecule has 14 heteroatoms. The number of nitrogens with two attached hydrogens (primary N) is 3. The molecular weight excluding hydrogens is 462 g/mol. The molecule has 35 heavy (non-hydrogen) atoms. The molecule has 1 fully saturated rings. The van der Waals surface area contributed by atoms with E-state index >= 15 is 0 Å². The van der Waals surface area contributed by atoms with Gasteiger partial charge in [-0.2, -0.15) is 0 Å². The number of carboxylic acids is 2. The quantitative estimate of drug-likeness (QED) is 0.0781. The molecule has 0 bridgehead atoms. The van der Waals surface area contributed by atoms with Crippen LogP contribution in [0.5, 0.6) is 0 Å². The second-order valence-electron chi connectivity index (χ2n) is 8.61. The summed E-state index contributed by atoms with van der Waals surface area (Å²) in [7, 11) is 0. The highest BCUT2D eigenvalue weighted by molar-refractivity contribution is 5.95. The Bertz CT molecular complexity index is 816. The molecule has 10 N–H and O–H groups in total. The van der Waals surface area contributed by atoms with Crippen LogP contribution in [0.2, 0.25) is 0 Å². The summed E-state index contributed by atoms with van der Waals surface area (Å²) >= 11 is 0. The summed E-state index contributed by atoms with van der Waals surface area (Å²) in [4.78, 5) is 66.4. The molecule has 14 nitrogen and oxygen atoms in total. The van der Waals surface area contributed by atoms with Gasteiger partial charge in [0, 0.05) is 13.1 Å². The van der Waals surface area contributed by atoms with Gasteiger partial charge in [0.15, 0.2) is 5.96 Å². The lowest BCUT2D eigenvalue weighted by Crippen LogP contribution is -2.58. The minimum absolute atomic E-state index is 0.0804. The van der Waals surface area contributed by atoms with Crippen LogP contribution in [-0.2, 0) is 24.0 Å². The number of carboxylic acid groups (broad SMARTS) is 2. The van der Waals surface area contributed by atoms with E-state index in [1.165, 1.54) is 0 Å². The van der Waals surface area contributed by atoms with Crippen LogP contribution in [0.1, 0.15) is 52.4 Å². The van der Waals surface area contributed by atoms with E-state index in [4.69, 9.17) is 17.2 Å². The van der Waals surface area contributed by atoms with Gasteiger partial charge in [-0.3, -0.25) is 24.2 Å². The molecule has 198 valence electrons. The van der Waals surface area contributed by atoms with E-state index in [0.29, 0.717) is 19.3 Å². The van der Waals surface area contributed by atoms with Crippen molar-refractivity contribution in [2.45, 2.75) is 76.5 Å². The van der Waals surface area contributed by atoms with E-state index in [0.717, 1.165) is 4.90 Å². The second kappa shape index (κ2) is 14.1. The molecular formula is C21H37N7O7.